The van der Waals surface area contributed by atoms with Gasteiger partial charge in [0.15, 0.2) is 11.5 Å². The molecular weight excluding hydrogens is 300 g/mol. The molecule has 0 spiro atoms. The Labute approximate surface area is 134 Å². The highest BCUT2D eigenvalue weighted by Crippen LogP contribution is 2.39. The van der Waals surface area contributed by atoms with Crippen LogP contribution in [0.25, 0.3) is 22.4 Å². The maximum atomic E-state index is 6.32. The Morgan fingerprint density at radius 3 is 2.77 bits per heavy atom. The number of aromatic amines is 1. The first-order valence-electron chi connectivity index (χ1n) is 7.09. The number of fused-ring (bicyclic) bond motifs is 1. The van der Waals surface area contributed by atoms with Gasteiger partial charge in [-0.05, 0) is 43.7 Å². The maximum Gasteiger partial charge on any atom is 0.179 e. The normalized spacial score (nSPS) is 10.9. The molecule has 4 nitrogen and oxygen atoms in total. The largest absolute Gasteiger partial charge is 0.493 e. The number of ether oxygens (including phenoxy) is 2. The van der Waals surface area contributed by atoms with E-state index in [9.17, 15) is 0 Å². The van der Waals surface area contributed by atoms with Gasteiger partial charge in [-0.15, -0.1) is 0 Å². The Hall–Kier alpha value is -2.20. The first-order valence-corrected chi connectivity index (χ1v) is 7.47. The lowest BCUT2D eigenvalue weighted by Crippen LogP contribution is -1.97. The fraction of sp³-hybridized carbons (Fsp3) is 0.235. The first kappa shape index (κ1) is 14.7. The van der Waals surface area contributed by atoms with Crippen LogP contribution in [0, 0.1) is 6.92 Å². The second-order valence-electron chi connectivity index (χ2n) is 5.03. The Balaban J connectivity index is 2.11. The predicted molar refractivity (Wildman–Crippen MR) is 89.0 cm³/mol. The molecule has 0 saturated carbocycles. The number of nitrogens with one attached hydrogen (secondary N) is 1. The van der Waals surface area contributed by atoms with E-state index >= 15 is 0 Å². The molecule has 22 heavy (non-hydrogen) atoms. The number of aromatic nitrogens is 2. The number of nitrogens with zero attached hydrogens (tertiary/aromatic N) is 1. The zero-order valence-corrected chi connectivity index (χ0v) is 13.5. The summed E-state index contributed by atoms with van der Waals surface area (Å²) in [6.07, 6.45) is 0. The molecule has 0 amide bonds. The molecule has 5 heteroatoms. The van der Waals surface area contributed by atoms with E-state index in [-0.39, 0.29) is 0 Å². The van der Waals surface area contributed by atoms with Crippen molar-refractivity contribution in [2.75, 3.05) is 13.7 Å². The summed E-state index contributed by atoms with van der Waals surface area (Å²) in [5.74, 6) is 1.91. The highest BCUT2D eigenvalue weighted by molar-refractivity contribution is 6.32. The van der Waals surface area contributed by atoms with Crippen molar-refractivity contribution < 1.29 is 9.47 Å². The van der Waals surface area contributed by atoms with Crippen molar-refractivity contribution in [1.82, 2.24) is 9.97 Å². The fourth-order valence-electron chi connectivity index (χ4n) is 2.40. The monoisotopic (exact) mass is 316 g/mol. The quantitative estimate of drug-likeness (QED) is 0.765. The summed E-state index contributed by atoms with van der Waals surface area (Å²) in [5, 5.41) is 0.507. The predicted octanol–water partition coefficient (Wildman–Crippen LogP) is 4.60. The maximum absolute atomic E-state index is 6.32. The van der Waals surface area contributed by atoms with E-state index in [1.165, 1.54) is 5.56 Å². The molecule has 0 unspecified atom stereocenters. The summed E-state index contributed by atoms with van der Waals surface area (Å²) >= 11 is 6.32. The van der Waals surface area contributed by atoms with Crippen molar-refractivity contribution in [2.24, 2.45) is 0 Å². The van der Waals surface area contributed by atoms with Gasteiger partial charge in [-0.2, -0.15) is 0 Å². The van der Waals surface area contributed by atoms with E-state index in [0.29, 0.717) is 23.1 Å². The number of rotatable bonds is 4. The van der Waals surface area contributed by atoms with Crippen molar-refractivity contribution in [3.05, 3.63) is 40.9 Å². The molecule has 1 N–H and O–H groups in total. The minimum absolute atomic E-state index is 0.507. The third-order valence-electron chi connectivity index (χ3n) is 3.43. The van der Waals surface area contributed by atoms with Gasteiger partial charge in [0.05, 0.1) is 29.8 Å². The van der Waals surface area contributed by atoms with Crippen LogP contribution in [0.1, 0.15) is 12.5 Å². The van der Waals surface area contributed by atoms with E-state index in [4.69, 9.17) is 21.1 Å². The number of methoxy groups -OCH3 is 1. The van der Waals surface area contributed by atoms with E-state index in [0.717, 1.165) is 22.4 Å². The molecule has 0 radical (unpaired) electrons. The molecular formula is C17H17ClN2O2. The van der Waals surface area contributed by atoms with Crippen LogP contribution in [0.2, 0.25) is 5.02 Å². The van der Waals surface area contributed by atoms with Crippen LogP contribution in [0.15, 0.2) is 30.3 Å². The second-order valence-corrected chi connectivity index (χ2v) is 5.44. The Bertz CT molecular complexity index is 827. The summed E-state index contributed by atoms with van der Waals surface area (Å²) in [4.78, 5) is 7.92. The smallest absolute Gasteiger partial charge is 0.179 e. The van der Waals surface area contributed by atoms with E-state index in [1.54, 1.807) is 7.11 Å². The van der Waals surface area contributed by atoms with Crippen LogP contribution in [-0.2, 0) is 0 Å². The second kappa shape index (κ2) is 5.89. The summed E-state index contributed by atoms with van der Waals surface area (Å²) in [6.45, 7) is 4.49. The average Bonchev–Trinajstić information content (AvgIpc) is 2.92. The van der Waals surface area contributed by atoms with Gasteiger partial charge in [0.2, 0.25) is 0 Å². The van der Waals surface area contributed by atoms with Crippen molar-refractivity contribution in [1.29, 1.82) is 0 Å². The number of halogens is 1. The zero-order valence-electron chi connectivity index (χ0n) is 12.7. The molecule has 0 aliphatic carbocycles. The van der Waals surface area contributed by atoms with Gasteiger partial charge in [0, 0.05) is 5.56 Å². The molecule has 0 aliphatic rings. The average molecular weight is 317 g/mol. The molecule has 1 aromatic heterocycles. The van der Waals surface area contributed by atoms with Gasteiger partial charge in [-0.25, -0.2) is 4.98 Å². The Morgan fingerprint density at radius 1 is 1.23 bits per heavy atom. The first-order chi connectivity index (χ1) is 10.6. The number of benzene rings is 2. The van der Waals surface area contributed by atoms with Crippen molar-refractivity contribution in [3.8, 4) is 22.9 Å². The summed E-state index contributed by atoms with van der Waals surface area (Å²) in [7, 11) is 1.60. The van der Waals surface area contributed by atoms with Crippen LogP contribution in [0.5, 0.6) is 11.5 Å². The Morgan fingerprint density at radius 2 is 2.05 bits per heavy atom. The van der Waals surface area contributed by atoms with E-state index in [1.807, 2.05) is 31.2 Å². The molecule has 114 valence electrons. The van der Waals surface area contributed by atoms with Crippen molar-refractivity contribution in [3.63, 3.8) is 0 Å². The third-order valence-corrected chi connectivity index (χ3v) is 3.71. The summed E-state index contributed by atoms with van der Waals surface area (Å²) in [5.41, 5.74) is 3.97. The lowest BCUT2D eigenvalue weighted by molar-refractivity contribution is 0.311. The summed E-state index contributed by atoms with van der Waals surface area (Å²) < 4.78 is 10.9. The molecule has 2 aromatic carbocycles. The van der Waals surface area contributed by atoms with Crippen LogP contribution in [0.3, 0.4) is 0 Å². The molecule has 3 aromatic rings. The van der Waals surface area contributed by atoms with Crippen molar-refractivity contribution in [2.45, 2.75) is 13.8 Å². The third kappa shape index (κ3) is 2.62. The lowest BCUT2D eigenvalue weighted by Gasteiger charge is -2.12. The summed E-state index contributed by atoms with van der Waals surface area (Å²) in [6, 6.07) is 9.82. The topological polar surface area (TPSA) is 47.1 Å². The Kier molecular flexibility index (Phi) is 3.94. The molecule has 0 saturated heterocycles. The SMILES string of the molecule is CCOc1c(Cl)cc(-c2nc3ccc(C)cc3[nH]2)cc1OC. The molecule has 0 fully saturated rings. The number of hydrogen-bond acceptors (Lipinski definition) is 3. The zero-order chi connectivity index (χ0) is 15.7. The molecule has 0 bridgehead atoms. The highest BCUT2D eigenvalue weighted by atomic mass is 35.5. The van der Waals surface area contributed by atoms with Crippen LogP contribution >= 0.6 is 11.6 Å². The number of H-pyrrole nitrogens is 1. The fourth-order valence-corrected chi connectivity index (χ4v) is 2.67. The molecule has 3 rings (SSSR count). The van der Waals surface area contributed by atoms with Gasteiger partial charge in [-0.3, -0.25) is 0 Å². The van der Waals surface area contributed by atoms with E-state index in [2.05, 4.69) is 23.0 Å². The van der Waals surface area contributed by atoms with Gasteiger partial charge in [-0.1, -0.05) is 17.7 Å². The van der Waals surface area contributed by atoms with Gasteiger partial charge < -0.3 is 14.5 Å². The lowest BCUT2D eigenvalue weighted by atomic mass is 10.2. The molecule has 0 atom stereocenters. The number of hydrogen-bond donors (Lipinski definition) is 1. The van der Waals surface area contributed by atoms with Gasteiger partial charge >= 0.3 is 0 Å². The van der Waals surface area contributed by atoms with Crippen LogP contribution in [0.4, 0.5) is 0 Å². The van der Waals surface area contributed by atoms with Crippen LogP contribution in [-0.4, -0.2) is 23.7 Å². The van der Waals surface area contributed by atoms with Crippen LogP contribution < -0.4 is 9.47 Å². The van der Waals surface area contributed by atoms with E-state index < -0.39 is 0 Å². The standard InChI is InChI=1S/C17H17ClN2O2/c1-4-22-16-12(18)8-11(9-15(16)21-3)17-19-13-6-5-10(2)7-14(13)20-17/h5-9H,4H2,1-3H3,(H,19,20). The highest BCUT2D eigenvalue weighted by Gasteiger charge is 2.14. The van der Waals surface area contributed by atoms with Gasteiger partial charge in [0.25, 0.3) is 0 Å². The van der Waals surface area contributed by atoms with Gasteiger partial charge in [0.1, 0.15) is 5.82 Å². The molecule has 1 heterocycles. The molecule has 0 aliphatic heterocycles. The number of aryl methyl sites for hydroxylation is 1. The minimum Gasteiger partial charge on any atom is -0.493 e. The minimum atomic E-state index is 0.507. The van der Waals surface area contributed by atoms with Crippen molar-refractivity contribution >= 4 is 22.6 Å². The number of imidazole rings is 1.